The average Bonchev–Trinajstić information content (AvgIpc) is 4.20. The number of anilines is 1. The normalized spacial score (nSPS) is 12.8. The molecule has 9 aromatic carbocycles. The molecule has 0 saturated carbocycles. The summed E-state index contributed by atoms with van der Waals surface area (Å²) < 4.78 is 17.2. The first kappa shape index (κ1) is 38.3. The van der Waals surface area contributed by atoms with Crippen LogP contribution in [0.2, 0.25) is 0 Å². The number of fused-ring (bicyclic) bond motifs is 6. The van der Waals surface area contributed by atoms with Gasteiger partial charge in [-0.1, -0.05) is 152 Å². The largest absolute Gasteiger partial charge is 0.456 e. The maximum Gasteiger partial charge on any atom is 0.182 e. The van der Waals surface area contributed by atoms with Crippen molar-refractivity contribution in [1.82, 2.24) is 14.8 Å². The number of halogens is 1. The number of benzene rings is 9. The van der Waals surface area contributed by atoms with Crippen molar-refractivity contribution in [3.8, 4) is 50.7 Å². The van der Waals surface area contributed by atoms with E-state index in [0.29, 0.717) is 5.82 Å². The molecule has 0 radical (unpaired) electrons. The third-order valence-corrected chi connectivity index (χ3v) is 15.1. The Balaban J connectivity index is 0.860. The van der Waals surface area contributed by atoms with Crippen molar-refractivity contribution in [2.45, 2.75) is 0 Å². The highest BCUT2D eigenvalue weighted by Gasteiger charge is 2.24. The third kappa shape index (κ3) is 6.73. The van der Waals surface area contributed by atoms with E-state index in [2.05, 4.69) is 169 Å². The molecule has 3 aromatic heterocycles. The zero-order valence-electron chi connectivity index (χ0n) is 35.2. The van der Waals surface area contributed by atoms with Crippen LogP contribution in [0.5, 0.6) is 0 Å². The summed E-state index contributed by atoms with van der Waals surface area (Å²) in [5.41, 5.74) is 14.0. The molecular formula is C58H36IN5O2. The van der Waals surface area contributed by atoms with Gasteiger partial charge in [-0.15, -0.1) is 5.10 Å². The Morgan fingerprint density at radius 1 is 0.364 bits per heavy atom. The Morgan fingerprint density at radius 3 is 1.41 bits per heavy atom. The number of hydrazone groups is 1. The lowest BCUT2D eigenvalue weighted by atomic mass is 9.97. The van der Waals surface area contributed by atoms with Crippen molar-refractivity contribution in [2.75, 3.05) is 5.01 Å². The van der Waals surface area contributed by atoms with E-state index in [9.17, 15) is 0 Å². The predicted molar refractivity (Wildman–Crippen MR) is 278 cm³/mol. The molecule has 0 fully saturated rings. The molecule has 0 N–H and O–H groups in total. The van der Waals surface area contributed by atoms with Gasteiger partial charge in [-0.3, -0.25) is 0 Å². The van der Waals surface area contributed by atoms with Crippen molar-refractivity contribution < 1.29 is 8.83 Å². The summed E-state index contributed by atoms with van der Waals surface area (Å²) in [5.74, 6) is 1.45. The van der Waals surface area contributed by atoms with Crippen LogP contribution in [0.3, 0.4) is 0 Å². The topological polar surface area (TPSA) is 72.6 Å². The molecule has 4 heterocycles. The minimum absolute atomic E-state index is 0.526. The minimum atomic E-state index is -0.526. The molecule has 0 saturated heterocycles. The fourth-order valence-corrected chi connectivity index (χ4v) is 11.7. The Morgan fingerprint density at radius 2 is 0.818 bits per heavy atom. The van der Waals surface area contributed by atoms with Crippen LogP contribution in [-0.2, 0) is 0 Å². The van der Waals surface area contributed by atoms with Gasteiger partial charge in [-0.05, 0) is 110 Å². The molecule has 312 valence electrons. The van der Waals surface area contributed by atoms with E-state index in [1.54, 1.807) is 0 Å². The molecule has 13 rings (SSSR count). The summed E-state index contributed by atoms with van der Waals surface area (Å²) in [6.07, 6.45) is 0. The van der Waals surface area contributed by atoms with Crippen LogP contribution in [0.15, 0.2) is 232 Å². The highest BCUT2D eigenvalue weighted by atomic mass is 127. The van der Waals surface area contributed by atoms with Crippen LogP contribution in [0.4, 0.5) is 5.69 Å². The Bertz CT molecular complexity index is 3870. The van der Waals surface area contributed by atoms with E-state index in [-0.39, 0.29) is 0 Å². The van der Waals surface area contributed by atoms with E-state index in [1.165, 1.54) is 14.8 Å². The van der Waals surface area contributed by atoms with E-state index in [1.807, 2.05) is 59.3 Å². The van der Waals surface area contributed by atoms with E-state index in [0.717, 1.165) is 98.2 Å². The van der Waals surface area contributed by atoms with Gasteiger partial charge in [0.2, 0.25) is 0 Å². The molecule has 0 bridgehead atoms. The Hall–Kier alpha value is -8.21. The van der Waals surface area contributed by atoms with Gasteiger partial charge in [0.1, 0.15) is 29.7 Å². The second-order valence-electron chi connectivity index (χ2n) is 16.3. The van der Waals surface area contributed by atoms with Gasteiger partial charge in [0.15, 0.2) is 11.6 Å². The minimum Gasteiger partial charge on any atom is -0.456 e. The molecular weight excluding hydrogens is 926 g/mol. The summed E-state index contributed by atoms with van der Waals surface area (Å²) >= 11 is -0.526. The predicted octanol–water partition coefficient (Wildman–Crippen LogP) is 15.1. The van der Waals surface area contributed by atoms with E-state index >= 15 is 0 Å². The van der Waals surface area contributed by atoms with Gasteiger partial charge in [-0.2, -0.15) is 5.10 Å². The van der Waals surface area contributed by atoms with Gasteiger partial charge in [-0.25, -0.2) is 14.7 Å². The average molecular weight is 962 g/mol. The van der Waals surface area contributed by atoms with Crippen LogP contribution in [0, 0.1) is 0 Å². The molecule has 66 heavy (non-hydrogen) atoms. The summed E-state index contributed by atoms with van der Waals surface area (Å²) in [6.45, 7) is 0. The zero-order chi connectivity index (χ0) is 43.6. The number of furan rings is 2. The quantitative estimate of drug-likeness (QED) is 0.142. The molecule has 8 heteroatoms. The summed E-state index contributed by atoms with van der Waals surface area (Å²) in [6, 6.07) is 75.9. The lowest BCUT2D eigenvalue weighted by Gasteiger charge is -2.18. The summed E-state index contributed by atoms with van der Waals surface area (Å²) in [5, 5.41) is 16.6. The van der Waals surface area contributed by atoms with Gasteiger partial charge in [0.05, 0.1) is 11.4 Å². The number of nitrogens with zero attached hydrogens (tertiary/aromatic N) is 5. The highest BCUT2D eigenvalue weighted by Crippen LogP contribution is 2.40. The van der Waals surface area contributed by atoms with Crippen LogP contribution >= 0.6 is 20.7 Å². The molecule has 1 aliphatic heterocycles. The van der Waals surface area contributed by atoms with Crippen LogP contribution < -0.4 is 5.01 Å². The van der Waals surface area contributed by atoms with Gasteiger partial charge >= 0.3 is 0 Å². The first-order valence-electron chi connectivity index (χ1n) is 21.8. The smallest absolute Gasteiger partial charge is 0.182 e. The van der Waals surface area contributed by atoms with Crippen molar-refractivity contribution in [2.24, 2.45) is 5.10 Å². The fourth-order valence-electron chi connectivity index (χ4n) is 8.89. The number of rotatable bonds is 8. The first-order chi connectivity index (χ1) is 32.7. The zero-order valence-corrected chi connectivity index (χ0v) is 37.4. The molecule has 1 aliphatic rings. The second-order valence-corrected chi connectivity index (χ2v) is 18.9. The lowest BCUT2D eigenvalue weighted by molar-refractivity contribution is 0.668. The SMILES string of the molecule is c1ccc(C2=NN(c3ccc4oc5ccc(-c6cccc(-c7ccc8oc9ccc(-n%10nc(-c%11ccccc%11)nc%10-c%10ccccc%10)cc9c8c7)c6)cc5c4c3)C(c3ccccc3)=I2)cc1. The molecule has 0 amide bonds. The molecule has 7 nitrogen and oxygen atoms in total. The maximum atomic E-state index is 6.44. The van der Waals surface area contributed by atoms with Crippen molar-refractivity contribution in [3.05, 3.63) is 230 Å². The van der Waals surface area contributed by atoms with Crippen LogP contribution in [-0.4, -0.2) is 22.1 Å². The van der Waals surface area contributed by atoms with Crippen LogP contribution in [0.1, 0.15) is 11.1 Å². The molecule has 0 spiro atoms. The van der Waals surface area contributed by atoms with Crippen molar-refractivity contribution in [3.63, 3.8) is 0 Å². The molecule has 12 aromatic rings. The van der Waals surface area contributed by atoms with Gasteiger partial charge < -0.3 is 8.83 Å². The van der Waals surface area contributed by atoms with Crippen molar-refractivity contribution >= 4 is 77.6 Å². The Labute approximate surface area is 389 Å². The molecule has 0 atom stereocenters. The monoisotopic (exact) mass is 961 g/mol. The first-order valence-corrected chi connectivity index (χ1v) is 24.0. The summed E-state index contributed by atoms with van der Waals surface area (Å²) in [7, 11) is 0. The number of hydrogen-bond donors (Lipinski definition) is 0. The van der Waals surface area contributed by atoms with Gasteiger partial charge in [0.25, 0.3) is 0 Å². The maximum absolute atomic E-state index is 6.44. The summed E-state index contributed by atoms with van der Waals surface area (Å²) in [4.78, 5) is 5.03. The lowest BCUT2D eigenvalue weighted by Crippen LogP contribution is -2.22. The standard InChI is InChI=1S/C58H36IN5O2/c1-5-14-37(15-6-1)55-59-56(38-16-7-2-8-17-38)63(61-55)45-26-30-53-49(35-45)47-33-43(24-28-51(47)65-53)41-22-13-23-42(32-41)44-25-29-52-48(34-44)50-36-46(27-31-54(50)66-52)64-58(40-20-11-4-12-21-40)60-57(62-64)39-18-9-3-10-19-39/h1-36H. The number of aromatic nitrogens is 3. The highest BCUT2D eigenvalue weighted by molar-refractivity contribution is 14.2. The van der Waals surface area contributed by atoms with Gasteiger partial charge in [0, 0.05) is 43.8 Å². The number of hydrogen-bond acceptors (Lipinski definition) is 6. The Kier molecular flexibility index (Phi) is 9.16. The van der Waals surface area contributed by atoms with Crippen LogP contribution in [0.25, 0.3) is 94.6 Å². The molecule has 0 aliphatic carbocycles. The van der Waals surface area contributed by atoms with Crippen molar-refractivity contribution in [1.29, 1.82) is 0 Å². The van der Waals surface area contributed by atoms with E-state index in [4.69, 9.17) is 24.0 Å². The third-order valence-electron chi connectivity index (χ3n) is 12.2. The molecule has 0 unspecified atom stereocenters. The fraction of sp³-hybridized carbons (Fsp3) is 0. The van der Waals surface area contributed by atoms with E-state index < -0.39 is 20.7 Å². The second kappa shape index (κ2) is 15.8.